The highest BCUT2D eigenvalue weighted by atomic mass is 16.7. The number of nitrogens with zero attached hydrogens (tertiary/aromatic N) is 3. The fourth-order valence-electron chi connectivity index (χ4n) is 9.84. The molecule has 3 aromatic carbocycles. The Morgan fingerprint density at radius 1 is 1.05 bits per heavy atom. The van der Waals surface area contributed by atoms with E-state index in [9.17, 15) is 19.8 Å². The Hall–Kier alpha value is -4.20. The van der Waals surface area contributed by atoms with Gasteiger partial charge in [0.25, 0.3) is 5.91 Å². The SMILES string of the molecule is COc1c(CN2O[C@@H](CO)[C@@H]([C@H](C)O)[C@H]2C(=O)N[C@H]2C[C@H]3C[C@@H]([C@@H]2C)C3(C)C)cccc1-c1cc(C(=O)N[C@@H](Cc2ccccc2N)CN(C)C)cc(N(C)C)c1. The van der Waals surface area contributed by atoms with Crippen molar-refractivity contribution in [1.82, 2.24) is 20.6 Å². The zero-order valence-electron chi connectivity index (χ0n) is 35.2. The molecule has 0 spiro atoms. The van der Waals surface area contributed by atoms with Crippen LogP contribution in [0.5, 0.6) is 5.75 Å². The molecule has 2 amide bonds. The summed E-state index contributed by atoms with van der Waals surface area (Å²) in [5.41, 5.74) is 11.9. The maximum Gasteiger partial charge on any atom is 0.251 e. The van der Waals surface area contributed by atoms with Crippen LogP contribution in [0.15, 0.2) is 60.7 Å². The molecule has 3 aromatic rings. The molecule has 4 fully saturated rings. The van der Waals surface area contributed by atoms with Crippen molar-refractivity contribution in [2.75, 3.05) is 59.1 Å². The highest BCUT2D eigenvalue weighted by Crippen LogP contribution is 2.61. The van der Waals surface area contributed by atoms with Crippen LogP contribution >= 0.6 is 0 Å². The van der Waals surface area contributed by atoms with E-state index in [4.69, 9.17) is 15.3 Å². The van der Waals surface area contributed by atoms with Crippen molar-refractivity contribution in [2.24, 2.45) is 29.1 Å². The number of nitrogen functional groups attached to an aromatic ring is 1. The number of hydroxylamine groups is 2. The van der Waals surface area contributed by atoms with Crippen molar-refractivity contribution < 1.29 is 29.4 Å². The minimum atomic E-state index is -0.909. The van der Waals surface area contributed by atoms with Gasteiger partial charge in [-0.05, 0) is 98.8 Å². The van der Waals surface area contributed by atoms with E-state index in [-0.39, 0.29) is 42.5 Å². The first-order valence-corrected chi connectivity index (χ1v) is 20.3. The zero-order valence-corrected chi connectivity index (χ0v) is 35.2. The molecule has 4 aliphatic rings. The van der Waals surface area contributed by atoms with E-state index in [1.54, 1.807) is 19.1 Å². The van der Waals surface area contributed by atoms with Crippen LogP contribution < -0.4 is 26.0 Å². The number of fused-ring (bicyclic) bond motifs is 2. The highest BCUT2D eigenvalue weighted by molar-refractivity contribution is 5.97. The number of carbonyl (C=O) groups excluding carboxylic acids is 2. The zero-order chi connectivity index (χ0) is 41.3. The summed E-state index contributed by atoms with van der Waals surface area (Å²) in [7, 11) is 9.44. The van der Waals surface area contributed by atoms with Crippen LogP contribution in [0.2, 0.25) is 0 Å². The van der Waals surface area contributed by atoms with Crippen molar-refractivity contribution in [1.29, 1.82) is 0 Å². The number of ether oxygens (including phenoxy) is 1. The number of benzene rings is 3. The van der Waals surface area contributed by atoms with Crippen LogP contribution in [0.4, 0.5) is 11.4 Å². The Morgan fingerprint density at radius 3 is 2.39 bits per heavy atom. The first kappa shape index (κ1) is 42.4. The van der Waals surface area contributed by atoms with E-state index in [2.05, 4.69) is 31.4 Å². The van der Waals surface area contributed by atoms with E-state index in [1.165, 1.54) is 6.42 Å². The lowest BCUT2D eigenvalue weighted by molar-refractivity contribution is -0.183. The van der Waals surface area contributed by atoms with E-state index in [0.29, 0.717) is 47.7 Å². The molecule has 1 aliphatic heterocycles. The second-order valence-electron chi connectivity index (χ2n) is 17.7. The minimum Gasteiger partial charge on any atom is -0.496 e. The smallest absolute Gasteiger partial charge is 0.251 e. The van der Waals surface area contributed by atoms with Crippen molar-refractivity contribution in [3.8, 4) is 16.9 Å². The Kier molecular flexibility index (Phi) is 12.9. The molecule has 2 bridgehead atoms. The van der Waals surface area contributed by atoms with Gasteiger partial charge in [0, 0.05) is 66.7 Å². The molecule has 6 N–H and O–H groups in total. The average Bonchev–Trinajstić information content (AvgIpc) is 3.54. The molecule has 0 unspecified atom stereocenters. The fraction of sp³-hybridized carbons (Fsp3) is 0.556. The van der Waals surface area contributed by atoms with E-state index in [0.717, 1.165) is 34.4 Å². The summed E-state index contributed by atoms with van der Waals surface area (Å²) in [4.78, 5) is 38.7. The van der Waals surface area contributed by atoms with Crippen LogP contribution in [0.25, 0.3) is 11.1 Å². The van der Waals surface area contributed by atoms with Gasteiger partial charge in [0.15, 0.2) is 0 Å². The predicted octanol–water partition coefficient (Wildman–Crippen LogP) is 4.57. The number of anilines is 2. The number of nitrogens with two attached hydrogens (primary N) is 1. The topological polar surface area (TPSA) is 153 Å². The minimum absolute atomic E-state index is 0.0295. The largest absolute Gasteiger partial charge is 0.496 e. The molecule has 9 atom stereocenters. The first-order valence-electron chi connectivity index (χ1n) is 20.3. The maximum absolute atomic E-state index is 14.3. The summed E-state index contributed by atoms with van der Waals surface area (Å²) in [5, 5.41) is 29.6. The average molecular weight is 785 g/mol. The highest BCUT2D eigenvalue weighted by Gasteiger charge is 2.57. The number of methoxy groups -OCH3 is 1. The second kappa shape index (κ2) is 17.3. The number of carbonyl (C=O) groups is 2. The number of aliphatic hydroxyl groups is 2. The van der Waals surface area contributed by atoms with Crippen molar-refractivity contribution >= 4 is 23.2 Å². The molecular weight excluding hydrogens is 721 g/mol. The summed E-state index contributed by atoms with van der Waals surface area (Å²) in [5.74, 6) is 0.941. The summed E-state index contributed by atoms with van der Waals surface area (Å²) >= 11 is 0. The number of para-hydroxylation sites is 2. The lowest BCUT2D eigenvalue weighted by Gasteiger charge is -2.62. The molecule has 1 heterocycles. The molecule has 0 radical (unpaired) electrons. The van der Waals surface area contributed by atoms with Crippen molar-refractivity contribution in [2.45, 2.75) is 83.8 Å². The van der Waals surface area contributed by atoms with Gasteiger partial charge in [0.05, 0.1) is 26.4 Å². The van der Waals surface area contributed by atoms with Gasteiger partial charge in [-0.1, -0.05) is 57.2 Å². The third-order valence-corrected chi connectivity index (χ3v) is 13.1. The van der Waals surface area contributed by atoms with E-state index < -0.39 is 24.2 Å². The molecule has 0 aromatic heterocycles. The van der Waals surface area contributed by atoms with Gasteiger partial charge in [-0.3, -0.25) is 14.4 Å². The van der Waals surface area contributed by atoms with Crippen LogP contribution in [-0.2, 0) is 22.6 Å². The van der Waals surface area contributed by atoms with E-state index in [1.807, 2.05) is 98.7 Å². The van der Waals surface area contributed by atoms with Crippen LogP contribution in [-0.4, -0.2) is 111 Å². The van der Waals surface area contributed by atoms with Crippen LogP contribution in [0.3, 0.4) is 0 Å². The lowest BCUT2D eigenvalue weighted by Crippen LogP contribution is -2.62. The molecular formula is C45H64N6O6. The lowest BCUT2D eigenvalue weighted by atomic mass is 9.45. The van der Waals surface area contributed by atoms with Crippen LogP contribution in [0.1, 0.15) is 62.0 Å². The summed E-state index contributed by atoms with van der Waals surface area (Å²) in [6.07, 6.45) is 1.03. The molecule has 3 saturated carbocycles. The normalized spacial score (nSPS) is 26.4. The van der Waals surface area contributed by atoms with Gasteiger partial charge in [-0.25, -0.2) is 0 Å². The molecule has 57 heavy (non-hydrogen) atoms. The van der Waals surface area contributed by atoms with Gasteiger partial charge >= 0.3 is 0 Å². The van der Waals surface area contributed by atoms with Gasteiger partial charge in [0.2, 0.25) is 5.91 Å². The standard InChI is InChI=1S/C45H64N6O6/c1-26-36-21-32(45(36,3)4)22-38(26)48-44(55)41-40(27(2)53)39(25-52)57-51(41)23-29-14-12-15-35(42(29)56-9)30-17-31(20-34(19-30)50(7)8)43(54)47-33(24-49(5)6)18-28-13-10-11-16-37(28)46/h10-17,19-20,26-27,32-33,36,38-41,52-53H,18,21-25,46H2,1-9H3,(H,47,54)(H,48,55)/t26-,27-,32+,33-,36-,38-,39-,40+,41-/m0/s1. The Morgan fingerprint density at radius 2 is 1.77 bits per heavy atom. The third kappa shape index (κ3) is 8.80. The van der Waals surface area contributed by atoms with Gasteiger partial charge in [0.1, 0.15) is 17.9 Å². The molecule has 1 saturated heterocycles. The fourth-order valence-corrected chi connectivity index (χ4v) is 9.84. The number of likely N-dealkylation sites (N-methyl/N-ethyl adjacent to an activating group) is 1. The number of amides is 2. The third-order valence-electron chi connectivity index (χ3n) is 13.1. The summed E-state index contributed by atoms with van der Waals surface area (Å²) in [6.45, 7) is 8.99. The predicted molar refractivity (Wildman–Crippen MR) is 225 cm³/mol. The number of rotatable bonds is 15. The summed E-state index contributed by atoms with van der Waals surface area (Å²) in [6, 6.07) is 18.3. The Balaban J connectivity index is 1.29. The second-order valence-corrected chi connectivity index (χ2v) is 17.7. The molecule has 12 nitrogen and oxygen atoms in total. The Labute approximate surface area is 338 Å². The van der Waals surface area contributed by atoms with Gasteiger partial charge < -0.3 is 41.1 Å². The number of hydrogen-bond acceptors (Lipinski definition) is 10. The van der Waals surface area contributed by atoms with Crippen LogP contribution in [0, 0.1) is 29.1 Å². The number of nitrogens with one attached hydrogen (secondary N) is 2. The maximum atomic E-state index is 14.3. The number of hydrogen-bond donors (Lipinski definition) is 5. The molecule has 3 aliphatic carbocycles. The number of aliphatic hydroxyl groups excluding tert-OH is 2. The Bertz CT molecular complexity index is 1900. The quantitative estimate of drug-likeness (QED) is 0.139. The molecule has 12 heteroatoms. The van der Waals surface area contributed by atoms with Crippen molar-refractivity contribution in [3.63, 3.8) is 0 Å². The monoisotopic (exact) mass is 784 g/mol. The van der Waals surface area contributed by atoms with E-state index >= 15 is 0 Å². The van der Waals surface area contributed by atoms with Crippen molar-refractivity contribution in [3.05, 3.63) is 77.4 Å². The first-order chi connectivity index (χ1) is 27.0. The molecule has 7 rings (SSSR count). The summed E-state index contributed by atoms with van der Waals surface area (Å²) < 4.78 is 6.11. The van der Waals surface area contributed by atoms with Gasteiger partial charge in [-0.15, -0.1) is 0 Å². The van der Waals surface area contributed by atoms with Gasteiger partial charge in [-0.2, -0.15) is 5.06 Å². The molecule has 310 valence electrons.